The lowest BCUT2D eigenvalue weighted by Gasteiger charge is -2.10. The molecule has 0 heterocycles. The minimum absolute atomic E-state index is 0.0898. The lowest BCUT2D eigenvalue weighted by molar-refractivity contribution is -0.115. The van der Waals surface area contributed by atoms with Crippen molar-refractivity contribution in [2.75, 3.05) is 10.0 Å². The molecule has 4 aromatic rings. The summed E-state index contributed by atoms with van der Waals surface area (Å²) >= 11 is 5.83. The summed E-state index contributed by atoms with van der Waals surface area (Å²) in [4.78, 5) is 12.5. The molecular weight excluding hydrogens is 456 g/mol. The Bertz CT molecular complexity index is 1340. The number of carbonyl (C=O) groups excluding carboxylic acids is 1. The highest BCUT2D eigenvalue weighted by Gasteiger charge is 2.14. The molecule has 0 aliphatic heterocycles. The van der Waals surface area contributed by atoms with E-state index >= 15 is 0 Å². The van der Waals surface area contributed by atoms with E-state index in [0.717, 1.165) is 16.7 Å². The normalized spacial score (nSPS) is 11.1. The molecule has 166 valence electrons. The van der Waals surface area contributed by atoms with Gasteiger partial charge in [0.1, 0.15) is 0 Å². The fourth-order valence-corrected chi connectivity index (χ4v) is 4.47. The number of nitrogens with one attached hydrogen (secondary N) is 2. The molecule has 33 heavy (non-hydrogen) atoms. The summed E-state index contributed by atoms with van der Waals surface area (Å²) in [5.74, 6) is -0.183. The Hall–Kier alpha value is -3.61. The average molecular weight is 477 g/mol. The lowest BCUT2D eigenvalue weighted by Crippen LogP contribution is -2.15. The summed E-state index contributed by atoms with van der Waals surface area (Å²) in [6.45, 7) is 0. The number of halogens is 1. The van der Waals surface area contributed by atoms with Gasteiger partial charge in [-0.25, -0.2) is 8.42 Å². The number of amides is 1. The highest BCUT2D eigenvalue weighted by Crippen LogP contribution is 2.21. The van der Waals surface area contributed by atoms with Crippen molar-refractivity contribution < 1.29 is 13.2 Å². The quantitative estimate of drug-likeness (QED) is 0.344. The van der Waals surface area contributed by atoms with E-state index in [1.807, 2.05) is 54.6 Å². The van der Waals surface area contributed by atoms with Crippen molar-refractivity contribution in [1.29, 1.82) is 0 Å². The second-order valence-corrected chi connectivity index (χ2v) is 9.54. The van der Waals surface area contributed by atoms with E-state index in [0.29, 0.717) is 16.4 Å². The lowest BCUT2D eigenvalue weighted by atomic mass is 10.0. The van der Waals surface area contributed by atoms with Crippen molar-refractivity contribution in [2.24, 2.45) is 0 Å². The molecule has 7 heteroatoms. The molecule has 0 fully saturated rings. The van der Waals surface area contributed by atoms with Gasteiger partial charge in [-0.1, -0.05) is 66.2 Å². The Morgan fingerprint density at radius 2 is 1.27 bits per heavy atom. The van der Waals surface area contributed by atoms with Crippen LogP contribution in [0.3, 0.4) is 0 Å². The largest absolute Gasteiger partial charge is 0.326 e. The van der Waals surface area contributed by atoms with Gasteiger partial charge in [-0.05, 0) is 65.2 Å². The molecule has 0 aliphatic rings. The van der Waals surface area contributed by atoms with Gasteiger partial charge in [0, 0.05) is 16.4 Å². The Kier molecular flexibility index (Phi) is 6.77. The summed E-state index contributed by atoms with van der Waals surface area (Å²) in [6.07, 6.45) is 0.216. The van der Waals surface area contributed by atoms with Crippen LogP contribution in [0.4, 0.5) is 11.4 Å². The third-order valence-corrected chi connectivity index (χ3v) is 6.62. The van der Waals surface area contributed by atoms with Crippen LogP contribution in [0.15, 0.2) is 108 Å². The van der Waals surface area contributed by atoms with E-state index in [1.165, 1.54) is 12.1 Å². The molecule has 0 atom stereocenters. The van der Waals surface area contributed by atoms with Crippen molar-refractivity contribution in [1.82, 2.24) is 0 Å². The van der Waals surface area contributed by atoms with E-state index in [2.05, 4.69) is 10.0 Å². The van der Waals surface area contributed by atoms with E-state index < -0.39 is 10.0 Å². The van der Waals surface area contributed by atoms with Crippen LogP contribution in [0.1, 0.15) is 5.56 Å². The highest BCUT2D eigenvalue weighted by atomic mass is 35.5. The second kappa shape index (κ2) is 9.90. The van der Waals surface area contributed by atoms with Crippen LogP contribution in [-0.4, -0.2) is 14.3 Å². The van der Waals surface area contributed by atoms with E-state index in [-0.39, 0.29) is 17.2 Å². The maximum atomic E-state index is 12.6. The molecule has 0 unspecified atom stereocenters. The Morgan fingerprint density at radius 3 is 1.91 bits per heavy atom. The minimum atomic E-state index is -3.75. The van der Waals surface area contributed by atoms with Crippen molar-refractivity contribution in [3.8, 4) is 11.1 Å². The van der Waals surface area contributed by atoms with E-state index in [1.54, 1.807) is 36.4 Å². The molecule has 0 bridgehead atoms. The predicted molar refractivity (Wildman–Crippen MR) is 133 cm³/mol. The van der Waals surface area contributed by atoms with Crippen LogP contribution >= 0.6 is 11.6 Å². The number of benzene rings is 4. The molecule has 0 saturated heterocycles. The summed E-state index contributed by atoms with van der Waals surface area (Å²) in [5.41, 5.74) is 4.03. The summed E-state index contributed by atoms with van der Waals surface area (Å²) in [5, 5.41) is 3.32. The van der Waals surface area contributed by atoms with Crippen LogP contribution in [0.25, 0.3) is 11.1 Å². The molecule has 0 aromatic heterocycles. The Labute approximate surface area is 198 Å². The van der Waals surface area contributed by atoms with Gasteiger partial charge in [0.15, 0.2) is 0 Å². The predicted octanol–water partition coefficient (Wildman–Crippen LogP) is 5.99. The molecule has 5 nitrogen and oxygen atoms in total. The van der Waals surface area contributed by atoms with Gasteiger partial charge in [-0.3, -0.25) is 9.52 Å². The maximum Gasteiger partial charge on any atom is 0.261 e. The van der Waals surface area contributed by atoms with Crippen LogP contribution < -0.4 is 10.0 Å². The van der Waals surface area contributed by atoms with Gasteiger partial charge in [0.2, 0.25) is 5.91 Å². The zero-order valence-electron chi connectivity index (χ0n) is 17.5. The molecule has 4 aromatic carbocycles. The maximum absolute atomic E-state index is 12.6. The first-order valence-electron chi connectivity index (χ1n) is 10.2. The Morgan fingerprint density at radius 1 is 0.697 bits per heavy atom. The van der Waals surface area contributed by atoms with Crippen LogP contribution in [0.2, 0.25) is 5.02 Å². The second-order valence-electron chi connectivity index (χ2n) is 7.42. The van der Waals surface area contributed by atoms with Crippen molar-refractivity contribution in [3.63, 3.8) is 0 Å². The zero-order valence-corrected chi connectivity index (χ0v) is 19.1. The van der Waals surface area contributed by atoms with Crippen LogP contribution in [0.5, 0.6) is 0 Å². The summed E-state index contributed by atoms with van der Waals surface area (Å²) < 4.78 is 27.6. The molecule has 0 spiro atoms. The number of rotatable bonds is 7. The first kappa shape index (κ1) is 22.6. The van der Waals surface area contributed by atoms with Gasteiger partial charge < -0.3 is 5.32 Å². The Balaban J connectivity index is 1.36. The summed E-state index contributed by atoms with van der Waals surface area (Å²) in [6, 6.07) is 30.3. The van der Waals surface area contributed by atoms with Crippen molar-refractivity contribution in [2.45, 2.75) is 11.3 Å². The number of carbonyl (C=O) groups is 1. The molecule has 4 rings (SSSR count). The van der Waals surface area contributed by atoms with Gasteiger partial charge >= 0.3 is 0 Å². The van der Waals surface area contributed by atoms with E-state index in [4.69, 9.17) is 11.6 Å². The minimum Gasteiger partial charge on any atom is -0.326 e. The molecule has 0 radical (unpaired) electrons. The fraction of sp³-hybridized carbons (Fsp3) is 0.0385. The number of sulfonamides is 1. The monoisotopic (exact) mass is 476 g/mol. The SMILES string of the molecule is O=C(Cc1ccc(-c2ccccc2)cc1)Nc1ccc(S(=O)(=O)Nc2ccc(Cl)cc2)cc1. The smallest absolute Gasteiger partial charge is 0.261 e. The van der Waals surface area contributed by atoms with Gasteiger partial charge in [-0.15, -0.1) is 0 Å². The zero-order chi connectivity index (χ0) is 23.3. The number of hydrogen-bond donors (Lipinski definition) is 2. The summed E-state index contributed by atoms with van der Waals surface area (Å²) in [7, 11) is -3.75. The molecule has 0 saturated carbocycles. The third-order valence-electron chi connectivity index (χ3n) is 4.97. The first-order valence-corrected chi connectivity index (χ1v) is 12.1. The number of anilines is 2. The van der Waals surface area contributed by atoms with Gasteiger partial charge in [0.25, 0.3) is 10.0 Å². The highest BCUT2D eigenvalue weighted by molar-refractivity contribution is 7.92. The van der Waals surface area contributed by atoms with Crippen molar-refractivity contribution in [3.05, 3.63) is 114 Å². The fourth-order valence-electron chi connectivity index (χ4n) is 3.29. The topological polar surface area (TPSA) is 75.3 Å². The number of hydrogen-bond acceptors (Lipinski definition) is 3. The van der Waals surface area contributed by atoms with Crippen molar-refractivity contribution >= 4 is 38.9 Å². The average Bonchev–Trinajstić information content (AvgIpc) is 2.82. The van der Waals surface area contributed by atoms with Crippen LogP contribution in [-0.2, 0) is 21.2 Å². The van der Waals surface area contributed by atoms with Gasteiger partial charge in [-0.2, -0.15) is 0 Å². The standard InChI is InChI=1S/C26H21ClN2O3S/c27-22-10-12-24(13-11-22)29-33(31,32)25-16-14-23(15-17-25)28-26(30)18-19-6-8-21(9-7-19)20-4-2-1-3-5-20/h1-17,29H,18H2,(H,28,30). The molecule has 1 amide bonds. The molecule has 0 aliphatic carbocycles. The third kappa shape index (κ3) is 6.00. The van der Waals surface area contributed by atoms with Gasteiger partial charge in [0.05, 0.1) is 11.3 Å². The first-order chi connectivity index (χ1) is 15.9. The molecule has 2 N–H and O–H groups in total. The molecular formula is C26H21ClN2O3S. The van der Waals surface area contributed by atoms with Crippen LogP contribution in [0, 0.1) is 0 Å². The van der Waals surface area contributed by atoms with E-state index in [9.17, 15) is 13.2 Å².